The van der Waals surface area contributed by atoms with Crippen LogP contribution in [0.25, 0.3) is 11.1 Å². The van der Waals surface area contributed by atoms with Crippen molar-refractivity contribution in [1.29, 1.82) is 0 Å². The molecule has 9 heteroatoms. The van der Waals surface area contributed by atoms with Crippen LogP contribution in [0.15, 0.2) is 54.6 Å². The molecule has 0 aliphatic heterocycles. The van der Waals surface area contributed by atoms with Crippen LogP contribution in [-0.4, -0.2) is 25.5 Å². The van der Waals surface area contributed by atoms with Crippen LogP contribution in [0.5, 0.6) is 5.75 Å². The lowest BCUT2D eigenvalue weighted by atomic mass is 9.99. The van der Waals surface area contributed by atoms with Crippen molar-refractivity contribution in [3.63, 3.8) is 0 Å². The van der Waals surface area contributed by atoms with Gasteiger partial charge in [0.25, 0.3) is 5.91 Å². The molecule has 0 saturated heterocycles. The molecule has 5 nitrogen and oxygen atoms in total. The molecule has 0 fully saturated rings. The van der Waals surface area contributed by atoms with Crippen molar-refractivity contribution >= 4 is 23.2 Å². The Hall–Kier alpha value is -3.33. The molecule has 0 saturated carbocycles. The van der Waals surface area contributed by atoms with Crippen molar-refractivity contribution in [3.05, 3.63) is 75.5 Å². The van der Waals surface area contributed by atoms with E-state index in [9.17, 15) is 22.8 Å². The average molecular weight is 520 g/mol. The Labute approximate surface area is 212 Å². The molecule has 3 aromatic rings. The lowest BCUT2D eigenvalue weighted by Crippen LogP contribution is -2.25. The monoisotopic (exact) mass is 519 g/mol. The number of halogens is 3. The highest BCUT2D eigenvalue weighted by molar-refractivity contribution is 7.14. The largest absolute Gasteiger partial charge is 0.485 e. The van der Waals surface area contributed by atoms with E-state index in [1.807, 2.05) is 39.0 Å². The van der Waals surface area contributed by atoms with Gasteiger partial charge in [0, 0.05) is 11.4 Å². The van der Waals surface area contributed by atoms with Crippen molar-refractivity contribution in [2.45, 2.75) is 39.5 Å². The van der Waals surface area contributed by atoms with Crippen LogP contribution in [0.3, 0.4) is 0 Å². The van der Waals surface area contributed by atoms with E-state index in [0.29, 0.717) is 16.2 Å². The quantitative estimate of drug-likeness (QED) is 0.316. The van der Waals surface area contributed by atoms with Gasteiger partial charge in [-0.3, -0.25) is 9.59 Å². The second-order valence-corrected chi connectivity index (χ2v) is 9.73. The molecular formula is C27H28F3NO4S. The van der Waals surface area contributed by atoms with Gasteiger partial charge in [-0.2, -0.15) is 13.2 Å². The molecule has 1 atom stereocenters. The second-order valence-electron chi connectivity index (χ2n) is 8.62. The second kappa shape index (κ2) is 11.6. The van der Waals surface area contributed by atoms with Crippen molar-refractivity contribution in [1.82, 2.24) is 5.32 Å². The van der Waals surface area contributed by atoms with E-state index in [-0.39, 0.29) is 30.9 Å². The van der Waals surface area contributed by atoms with E-state index in [1.165, 1.54) is 30.6 Å². The van der Waals surface area contributed by atoms with E-state index in [4.69, 9.17) is 4.74 Å². The molecule has 36 heavy (non-hydrogen) atoms. The van der Waals surface area contributed by atoms with Crippen molar-refractivity contribution < 1.29 is 32.2 Å². The SMILES string of the molecule is COC(=O)CCNC(=O)c1ccc([C@@H](Oc2ccc(-c3ccc(C(F)(F)F)cc3)c(C)c2)C(C)C)s1. The Kier molecular flexibility index (Phi) is 8.79. The van der Waals surface area contributed by atoms with Gasteiger partial charge in [0.1, 0.15) is 11.9 Å². The molecule has 192 valence electrons. The molecule has 1 amide bonds. The predicted octanol–water partition coefficient (Wildman–Crippen LogP) is 6.81. The Morgan fingerprint density at radius 2 is 1.72 bits per heavy atom. The summed E-state index contributed by atoms with van der Waals surface area (Å²) in [5, 5.41) is 2.70. The average Bonchev–Trinajstić information content (AvgIpc) is 3.32. The summed E-state index contributed by atoms with van der Waals surface area (Å²) in [5.41, 5.74) is 1.69. The summed E-state index contributed by atoms with van der Waals surface area (Å²) in [6, 6.07) is 14.2. The number of thiophene rings is 1. The van der Waals surface area contributed by atoms with Gasteiger partial charge in [-0.15, -0.1) is 11.3 Å². The van der Waals surface area contributed by atoms with Crippen LogP contribution in [0, 0.1) is 12.8 Å². The number of hydrogen-bond acceptors (Lipinski definition) is 5. The van der Waals surface area contributed by atoms with E-state index in [0.717, 1.165) is 28.1 Å². The Bertz CT molecular complexity index is 1200. The molecule has 0 spiro atoms. The van der Waals surface area contributed by atoms with Crippen molar-refractivity contribution in [2.24, 2.45) is 5.92 Å². The first-order valence-corrected chi connectivity index (χ1v) is 12.2. The van der Waals surface area contributed by atoms with Crippen molar-refractivity contribution in [3.8, 4) is 16.9 Å². The zero-order valence-corrected chi connectivity index (χ0v) is 21.3. The van der Waals surface area contributed by atoms with Gasteiger partial charge in [0.2, 0.25) is 0 Å². The first-order chi connectivity index (χ1) is 17.0. The minimum absolute atomic E-state index is 0.0972. The summed E-state index contributed by atoms with van der Waals surface area (Å²) < 4.78 is 49.5. The zero-order chi connectivity index (χ0) is 26.5. The number of rotatable bonds is 9. The molecule has 1 heterocycles. The Morgan fingerprint density at radius 3 is 2.31 bits per heavy atom. The van der Waals surface area contributed by atoms with Gasteiger partial charge in [0.15, 0.2) is 0 Å². The lowest BCUT2D eigenvalue weighted by Gasteiger charge is -2.22. The first-order valence-electron chi connectivity index (χ1n) is 11.4. The number of methoxy groups -OCH3 is 1. The molecule has 0 aliphatic carbocycles. The molecular weight excluding hydrogens is 491 g/mol. The van der Waals surface area contributed by atoms with Crippen LogP contribution < -0.4 is 10.1 Å². The summed E-state index contributed by atoms with van der Waals surface area (Å²) in [6.07, 6.45) is -4.58. The Morgan fingerprint density at radius 1 is 1.03 bits per heavy atom. The minimum Gasteiger partial charge on any atom is -0.485 e. The van der Waals surface area contributed by atoms with E-state index < -0.39 is 17.7 Å². The first kappa shape index (κ1) is 27.3. The lowest BCUT2D eigenvalue weighted by molar-refractivity contribution is -0.140. The van der Waals surface area contributed by atoms with Crippen LogP contribution in [0.2, 0.25) is 0 Å². The maximum atomic E-state index is 12.9. The number of carbonyl (C=O) groups is 2. The Balaban J connectivity index is 1.72. The highest BCUT2D eigenvalue weighted by Gasteiger charge is 2.30. The number of carbonyl (C=O) groups excluding carboxylic acids is 2. The number of ether oxygens (including phenoxy) is 2. The van der Waals surface area contributed by atoms with Gasteiger partial charge in [-0.25, -0.2) is 0 Å². The fourth-order valence-electron chi connectivity index (χ4n) is 3.64. The molecule has 0 unspecified atom stereocenters. The predicted molar refractivity (Wildman–Crippen MR) is 133 cm³/mol. The molecule has 0 bridgehead atoms. The fraction of sp³-hybridized carbons (Fsp3) is 0.333. The van der Waals surface area contributed by atoms with Gasteiger partial charge < -0.3 is 14.8 Å². The van der Waals surface area contributed by atoms with Crippen LogP contribution in [0.4, 0.5) is 13.2 Å². The number of esters is 1. The van der Waals surface area contributed by atoms with Gasteiger partial charge in [-0.05, 0) is 65.9 Å². The van der Waals surface area contributed by atoms with Gasteiger partial charge in [0.05, 0.1) is 24.0 Å². The summed E-state index contributed by atoms with van der Waals surface area (Å²) >= 11 is 1.32. The zero-order valence-electron chi connectivity index (χ0n) is 20.4. The minimum atomic E-state index is -4.37. The summed E-state index contributed by atoms with van der Waals surface area (Å²) in [6.45, 7) is 6.10. The smallest absolute Gasteiger partial charge is 0.416 e. The fourth-order valence-corrected chi connectivity index (χ4v) is 4.76. The van der Waals surface area contributed by atoms with Crippen LogP contribution in [0.1, 0.15) is 52.0 Å². The maximum Gasteiger partial charge on any atom is 0.416 e. The number of benzene rings is 2. The van der Waals surface area contributed by atoms with Crippen LogP contribution in [-0.2, 0) is 15.7 Å². The molecule has 1 N–H and O–H groups in total. The van der Waals surface area contributed by atoms with E-state index >= 15 is 0 Å². The summed E-state index contributed by atoms with van der Waals surface area (Å²) in [4.78, 5) is 25.0. The maximum absolute atomic E-state index is 12.9. The highest BCUT2D eigenvalue weighted by atomic mass is 32.1. The topological polar surface area (TPSA) is 64.6 Å². The molecule has 1 aromatic heterocycles. The number of aryl methyl sites for hydroxylation is 1. The van der Waals surface area contributed by atoms with E-state index in [1.54, 1.807) is 12.1 Å². The van der Waals surface area contributed by atoms with E-state index in [2.05, 4.69) is 10.1 Å². The molecule has 3 rings (SSSR count). The van der Waals surface area contributed by atoms with Gasteiger partial charge in [-0.1, -0.05) is 32.0 Å². The number of alkyl halides is 3. The standard InChI is InChI=1S/C27H28F3NO4S/c1-16(2)25(22-11-12-23(36-22)26(33)31-14-13-24(32)34-4)35-20-9-10-21(17(3)15-20)18-5-7-19(8-6-18)27(28,29)30/h5-12,15-16,25H,13-14H2,1-4H3,(H,31,33)/t25-/m0/s1. The third kappa shape index (κ3) is 6.87. The number of amides is 1. The third-order valence-electron chi connectivity index (χ3n) is 5.56. The molecule has 2 aromatic carbocycles. The van der Waals surface area contributed by atoms with Gasteiger partial charge >= 0.3 is 12.1 Å². The number of hydrogen-bond donors (Lipinski definition) is 1. The third-order valence-corrected chi connectivity index (χ3v) is 6.71. The normalized spacial score (nSPS) is 12.3. The summed E-state index contributed by atoms with van der Waals surface area (Å²) in [5.74, 6) is 0.0672. The molecule has 0 radical (unpaired) electrons. The molecule has 0 aliphatic rings. The highest BCUT2D eigenvalue weighted by Crippen LogP contribution is 2.36. The van der Waals surface area contributed by atoms with Crippen LogP contribution >= 0.6 is 11.3 Å². The van der Waals surface area contributed by atoms with Crippen molar-refractivity contribution in [2.75, 3.05) is 13.7 Å². The summed E-state index contributed by atoms with van der Waals surface area (Å²) in [7, 11) is 1.30. The number of nitrogens with one attached hydrogen (secondary N) is 1.